The van der Waals surface area contributed by atoms with Gasteiger partial charge in [0.15, 0.2) is 0 Å². The minimum absolute atomic E-state index is 0.426. The molecule has 3 nitrogen and oxygen atoms in total. The van der Waals surface area contributed by atoms with Crippen LogP contribution in [0.2, 0.25) is 0 Å². The molecule has 0 radical (unpaired) electrons. The zero-order chi connectivity index (χ0) is 21.3. The van der Waals surface area contributed by atoms with Crippen LogP contribution in [-0.4, -0.2) is 14.4 Å². The van der Waals surface area contributed by atoms with E-state index in [1.54, 1.807) is 0 Å². The van der Waals surface area contributed by atoms with Crippen molar-refractivity contribution in [2.75, 3.05) is 0 Å². The molecule has 3 aromatic heterocycles. The number of hydrogen-bond acceptors (Lipinski definition) is 2. The Morgan fingerprint density at radius 1 is 0.710 bits per heavy atom. The molecule has 0 atom stereocenters. The Labute approximate surface area is 181 Å². The molecular weight excluding hydrogens is 378 g/mol. The normalized spacial score (nSPS) is 12.5. The van der Waals surface area contributed by atoms with Crippen LogP contribution < -0.4 is 0 Å². The molecule has 3 aromatic carbocycles. The molecule has 0 bridgehead atoms. The van der Waals surface area contributed by atoms with Gasteiger partial charge >= 0.3 is 0 Å². The van der Waals surface area contributed by atoms with Gasteiger partial charge in [-0.15, -0.1) is 0 Å². The molecule has 0 aliphatic rings. The first-order chi connectivity index (χ1) is 15.0. The highest BCUT2D eigenvalue weighted by Gasteiger charge is 2.21. The van der Waals surface area contributed by atoms with Crippen LogP contribution in [0.25, 0.3) is 49.5 Å². The summed E-state index contributed by atoms with van der Waals surface area (Å²) in [5.41, 5.74) is 6.97. The minimum atomic E-state index is 0.426. The Bertz CT molecular complexity index is 1470. The Morgan fingerprint density at radius 2 is 1.39 bits per heavy atom. The lowest BCUT2D eigenvalue weighted by Crippen LogP contribution is -1.99. The van der Waals surface area contributed by atoms with E-state index in [1.807, 2.05) is 6.20 Å². The van der Waals surface area contributed by atoms with E-state index < -0.39 is 0 Å². The molecule has 0 aliphatic heterocycles. The molecule has 0 unspecified atom stereocenters. The van der Waals surface area contributed by atoms with E-state index in [1.165, 1.54) is 43.6 Å². The number of benzene rings is 3. The zero-order valence-corrected chi connectivity index (χ0v) is 18.3. The predicted octanol–water partition coefficient (Wildman–Crippen LogP) is 7.54. The van der Waals surface area contributed by atoms with Crippen molar-refractivity contribution in [3.8, 4) is 11.3 Å². The maximum atomic E-state index is 5.24. The molecule has 152 valence electrons. The quantitative estimate of drug-likeness (QED) is 0.286. The molecular formula is C28H25N3. The first-order valence-electron chi connectivity index (χ1n) is 11.1. The van der Waals surface area contributed by atoms with Crippen LogP contribution in [0.1, 0.15) is 50.7 Å². The molecule has 0 saturated carbocycles. The van der Waals surface area contributed by atoms with E-state index in [0.717, 1.165) is 17.0 Å². The van der Waals surface area contributed by atoms with E-state index in [0.29, 0.717) is 11.8 Å². The van der Waals surface area contributed by atoms with Crippen molar-refractivity contribution in [2.45, 2.75) is 39.5 Å². The second kappa shape index (κ2) is 6.52. The highest BCUT2D eigenvalue weighted by molar-refractivity contribution is 6.24. The number of rotatable bonds is 3. The first kappa shape index (κ1) is 18.3. The average Bonchev–Trinajstić information content (AvgIpc) is 3.23. The summed E-state index contributed by atoms with van der Waals surface area (Å²) < 4.78 is 2.20. The summed E-state index contributed by atoms with van der Waals surface area (Å²) in [6, 6.07) is 19.7. The van der Waals surface area contributed by atoms with Crippen molar-refractivity contribution in [3.05, 3.63) is 78.1 Å². The summed E-state index contributed by atoms with van der Waals surface area (Å²) in [4.78, 5) is 10.0. The van der Waals surface area contributed by atoms with Crippen molar-refractivity contribution in [2.24, 2.45) is 0 Å². The van der Waals surface area contributed by atoms with Crippen LogP contribution in [0, 0.1) is 0 Å². The lowest BCUT2D eigenvalue weighted by molar-refractivity contribution is 0.837. The van der Waals surface area contributed by atoms with Crippen molar-refractivity contribution >= 4 is 38.2 Å². The molecule has 0 spiro atoms. The van der Waals surface area contributed by atoms with Gasteiger partial charge in [-0.1, -0.05) is 76.2 Å². The summed E-state index contributed by atoms with van der Waals surface area (Å²) in [6.45, 7) is 9.05. The first-order valence-corrected chi connectivity index (χ1v) is 11.1. The Hall–Kier alpha value is -3.46. The monoisotopic (exact) mass is 403 g/mol. The third kappa shape index (κ3) is 2.53. The lowest BCUT2D eigenvalue weighted by atomic mass is 9.87. The number of aromatic nitrogens is 3. The topological polar surface area (TPSA) is 30.2 Å². The Kier molecular flexibility index (Phi) is 3.85. The van der Waals surface area contributed by atoms with Gasteiger partial charge in [0.2, 0.25) is 0 Å². The van der Waals surface area contributed by atoms with E-state index in [4.69, 9.17) is 9.97 Å². The van der Waals surface area contributed by atoms with Crippen molar-refractivity contribution in [3.63, 3.8) is 0 Å². The largest absolute Gasteiger partial charge is 0.283 e. The molecule has 31 heavy (non-hydrogen) atoms. The van der Waals surface area contributed by atoms with Gasteiger partial charge in [-0.05, 0) is 39.8 Å². The van der Waals surface area contributed by atoms with E-state index in [2.05, 4.69) is 92.9 Å². The van der Waals surface area contributed by atoms with Crippen molar-refractivity contribution < 1.29 is 0 Å². The maximum Gasteiger partial charge on any atom is 0.147 e. The third-order valence-electron chi connectivity index (χ3n) is 6.56. The fourth-order valence-corrected chi connectivity index (χ4v) is 5.10. The van der Waals surface area contributed by atoms with E-state index >= 15 is 0 Å². The number of fused-ring (bicyclic) bond motifs is 3. The second-order valence-electron chi connectivity index (χ2n) is 9.14. The third-order valence-corrected chi connectivity index (χ3v) is 6.56. The Morgan fingerprint density at radius 3 is 2.10 bits per heavy atom. The fraction of sp³-hybridized carbons (Fsp3) is 0.214. The average molecular weight is 404 g/mol. The molecule has 0 amide bonds. The molecule has 6 rings (SSSR count). The van der Waals surface area contributed by atoms with Crippen LogP contribution >= 0.6 is 0 Å². The smallest absolute Gasteiger partial charge is 0.147 e. The number of imidazole rings is 1. The fourth-order valence-electron chi connectivity index (χ4n) is 5.10. The van der Waals surface area contributed by atoms with Gasteiger partial charge in [0.1, 0.15) is 11.3 Å². The lowest BCUT2D eigenvalue weighted by Gasteiger charge is -2.18. The van der Waals surface area contributed by atoms with E-state index in [-0.39, 0.29) is 0 Å². The van der Waals surface area contributed by atoms with Gasteiger partial charge < -0.3 is 0 Å². The van der Waals surface area contributed by atoms with Gasteiger partial charge in [-0.25, -0.2) is 9.97 Å². The van der Waals surface area contributed by atoms with Crippen molar-refractivity contribution in [1.82, 2.24) is 14.4 Å². The summed E-state index contributed by atoms with van der Waals surface area (Å²) in [5, 5.41) is 6.11. The van der Waals surface area contributed by atoms with E-state index in [9.17, 15) is 0 Å². The van der Waals surface area contributed by atoms with Crippen LogP contribution in [-0.2, 0) is 0 Å². The summed E-state index contributed by atoms with van der Waals surface area (Å²) in [6.07, 6.45) is 4.10. The van der Waals surface area contributed by atoms with Gasteiger partial charge in [-0.3, -0.25) is 4.40 Å². The van der Waals surface area contributed by atoms with Crippen LogP contribution in [0.4, 0.5) is 0 Å². The SMILES string of the molecule is CC(C)c1cccc(C(C)C)c1-c1cn2c(n1)c1cccc3ccc4ccnc2c4c31. The van der Waals surface area contributed by atoms with Crippen LogP contribution in [0.15, 0.2) is 67.0 Å². The maximum absolute atomic E-state index is 5.24. The summed E-state index contributed by atoms with van der Waals surface area (Å²) in [7, 11) is 0. The molecule has 0 saturated heterocycles. The zero-order valence-electron chi connectivity index (χ0n) is 18.3. The van der Waals surface area contributed by atoms with Gasteiger partial charge in [0, 0.05) is 34.1 Å². The van der Waals surface area contributed by atoms with Gasteiger partial charge in [0.25, 0.3) is 0 Å². The standard InChI is InChI=1S/C28H25N3/c1-16(2)20-8-6-9-21(17(3)4)26(20)23-15-31-27(30-23)22-10-5-7-18-11-12-19-13-14-29-28(31)25(19)24(18)22/h5-17H,1-4H3. The summed E-state index contributed by atoms with van der Waals surface area (Å²) in [5.74, 6) is 0.851. The van der Waals surface area contributed by atoms with Gasteiger partial charge in [0.05, 0.1) is 5.69 Å². The second-order valence-corrected chi connectivity index (χ2v) is 9.14. The Balaban J connectivity index is 1.80. The minimum Gasteiger partial charge on any atom is -0.283 e. The summed E-state index contributed by atoms with van der Waals surface area (Å²) >= 11 is 0. The molecule has 0 fully saturated rings. The molecule has 0 aliphatic carbocycles. The molecule has 3 heteroatoms. The van der Waals surface area contributed by atoms with Crippen LogP contribution in [0.5, 0.6) is 0 Å². The predicted molar refractivity (Wildman–Crippen MR) is 130 cm³/mol. The van der Waals surface area contributed by atoms with Gasteiger partial charge in [-0.2, -0.15) is 0 Å². The molecule has 6 aromatic rings. The number of pyridine rings is 2. The van der Waals surface area contributed by atoms with Crippen LogP contribution in [0.3, 0.4) is 0 Å². The number of hydrogen-bond donors (Lipinski definition) is 0. The molecule has 3 heterocycles. The molecule has 0 N–H and O–H groups in total. The highest BCUT2D eigenvalue weighted by atomic mass is 15.0. The highest BCUT2D eigenvalue weighted by Crippen LogP contribution is 2.39. The van der Waals surface area contributed by atoms with Crippen molar-refractivity contribution in [1.29, 1.82) is 0 Å². The number of nitrogens with zero attached hydrogens (tertiary/aromatic N) is 3.